The summed E-state index contributed by atoms with van der Waals surface area (Å²) < 4.78 is 42.0. The molecule has 2 nitrogen and oxygen atoms in total. The van der Waals surface area contributed by atoms with Gasteiger partial charge in [-0.05, 0) is 0 Å². The van der Waals surface area contributed by atoms with E-state index in [0.29, 0.717) is 0 Å². The maximum atomic E-state index is 12.4. The molecule has 0 aromatic rings. The summed E-state index contributed by atoms with van der Waals surface area (Å²) in [5.41, 5.74) is 3.06. The Morgan fingerprint density at radius 3 is 2.33 bits per heavy atom. The first kappa shape index (κ1) is 8.07. The molecule has 0 aromatic heterocycles. The fraction of sp³-hybridized carbons (Fsp3) is 0.714. The lowest BCUT2D eigenvalue weighted by molar-refractivity contribution is -0.192. The third-order valence-corrected chi connectivity index (χ3v) is 2.40. The van der Waals surface area contributed by atoms with Crippen LogP contribution in [-0.2, 0) is 4.74 Å². The lowest BCUT2D eigenvalue weighted by Gasteiger charge is -2.30. The highest BCUT2D eigenvalue weighted by Crippen LogP contribution is 2.45. The smallest absolute Gasteiger partial charge is 0.364 e. The largest absolute Gasteiger partial charge is 0.409 e. The van der Waals surface area contributed by atoms with Crippen molar-refractivity contribution in [1.82, 2.24) is 0 Å². The van der Waals surface area contributed by atoms with Crippen LogP contribution in [-0.4, -0.2) is 23.9 Å². The van der Waals surface area contributed by atoms with Gasteiger partial charge in [-0.2, -0.15) is 13.2 Å². The van der Waals surface area contributed by atoms with Gasteiger partial charge in [-0.1, -0.05) is 12.2 Å². The van der Waals surface area contributed by atoms with Gasteiger partial charge in [0.1, 0.15) is 11.6 Å². The van der Waals surface area contributed by atoms with E-state index in [1.54, 1.807) is 6.08 Å². The molecule has 3 atom stereocenters. The van der Waals surface area contributed by atoms with Crippen LogP contribution in [0.15, 0.2) is 12.2 Å². The summed E-state index contributed by atoms with van der Waals surface area (Å²) >= 11 is 0. The molecule has 0 aromatic carbocycles. The lowest BCUT2D eigenvalue weighted by atomic mass is 9.86. The van der Waals surface area contributed by atoms with Crippen molar-refractivity contribution in [2.24, 2.45) is 5.73 Å². The van der Waals surface area contributed by atoms with Crippen LogP contribution < -0.4 is 5.73 Å². The van der Waals surface area contributed by atoms with Crippen molar-refractivity contribution < 1.29 is 17.9 Å². The first-order valence-electron chi connectivity index (χ1n) is 3.63. The van der Waals surface area contributed by atoms with E-state index in [-0.39, 0.29) is 6.42 Å². The highest BCUT2D eigenvalue weighted by atomic mass is 19.4. The van der Waals surface area contributed by atoms with E-state index >= 15 is 0 Å². The van der Waals surface area contributed by atoms with Gasteiger partial charge in [0.25, 0.3) is 0 Å². The molecule has 2 rings (SSSR count). The Morgan fingerprint density at radius 1 is 1.42 bits per heavy atom. The first-order chi connectivity index (χ1) is 5.43. The van der Waals surface area contributed by atoms with Gasteiger partial charge in [0.15, 0.2) is 0 Å². The van der Waals surface area contributed by atoms with Crippen LogP contribution in [0.4, 0.5) is 13.2 Å². The van der Waals surface area contributed by atoms with Crippen LogP contribution in [0.5, 0.6) is 0 Å². The van der Waals surface area contributed by atoms with Crippen molar-refractivity contribution in [2.45, 2.75) is 30.3 Å². The van der Waals surface area contributed by atoms with Crippen molar-refractivity contribution in [3.05, 3.63) is 12.2 Å². The van der Waals surface area contributed by atoms with Crippen LogP contribution in [0, 0.1) is 0 Å². The average molecular weight is 179 g/mol. The molecule has 0 aliphatic carbocycles. The molecule has 2 bridgehead atoms. The molecule has 5 heteroatoms. The van der Waals surface area contributed by atoms with Crippen molar-refractivity contribution in [2.75, 3.05) is 0 Å². The Hall–Kier alpha value is -0.550. The molecule has 1 saturated heterocycles. The second-order valence-corrected chi connectivity index (χ2v) is 3.22. The van der Waals surface area contributed by atoms with E-state index in [0.717, 1.165) is 0 Å². The van der Waals surface area contributed by atoms with E-state index in [2.05, 4.69) is 0 Å². The third kappa shape index (κ3) is 0.834. The van der Waals surface area contributed by atoms with E-state index in [4.69, 9.17) is 10.5 Å². The third-order valence-electron chi connectivity index (χ3n) is 2.40. The molecule has 0 radical (unpaired) electrons. The summed E-state index contributed by atoms with van der Waals surface area (Å²) in [5, 5.41) is 0. The van der Waals surface area contributed by atoms with Gasteiger partial charge in [-0.3, -0.25) is 0 Å². The van der Waals surface area contributed by atoms with Gasteiger partial charge in [-0.25, -0.2) is 0 Å². The monoisotopic (exact) mass is 179 g/mol. The molecular weight excluding hydrogens is 171 g/mol. The maximum Gasteiger partial charge on any atom is 0.409 e. The Labute approximate surface area is 67.2 Å². The highest BCUT2D eigenvalue weighted by Gasteiger charge is 2.62. The fourth-order valence-electron chi connectivity index (χ4n) is 1.64. The number of fused-ring (bicyclic) bond motifs is 2. The molecule has 0 spiro atoms. The van der Waals surface area contributed by atoms with Gasteiger partial charge < -0.3 is 10.5 Å². The van der Waals surface area contributed by atoms with Crippen molar-refractivity contribution >= 4 is 0 Å². The molecule has 68 valence electrons. The second-order valence-electron chi connectivity index (χ2n) is 3.22. The summed E-state index contributed by atoms with van der Waals surface area (Å²) in [6, 6.07) is 0. The number of hydrogen-bond donors (Lipinski definition) is 1. The summed E-state index contributed by atoms with van der Waals surface area (Å²) in [4.78, 5) is 0. The number of ether oxygens (including phenoxy) is 1. The van der Waals surface area contributed by atoms with Gasteiger partial charge in [0, 0.05) is 6.42 Å². The number of alkyl halides is 3. The average Bonchev–Trinajstić information content (AvgIpc) is 2.43. The lowest BCUT2D eigenvalue weighted by Crippen LogP contribution is -2.59. The predicted octanol–water partition coefficient (Wildman–Crippen LogP) is 0.974. The zero-order valence-corrected chi connectivity index (χ0v) is 6.14. The van der Waals surface area contributed by atoms with Crippen LogP contribution in [0.3, 0.4) is 0 Å². The maximum absolute atomic E-state index is 12.4. The highest BCUT2D eigenvalue weighted by molar-refractivity contribution is 5.22. The topological polar surface area (TPSA) is 35.2 Å². The number of nitrogens with two attached hydrogens (primary N) is 1. The molecule has 2 heterocycles. The Kier molecular flexibility index (Phi) is 1.36. The van der Waals surface area contributed by atoms with Gasteiger partial charge in [0.05, 0.1) is 6.10 Å². The zero-order chi connectivity index (χ0) is 8.98. The van der Waals surface area contributed by atoms with Crippen molar-refractivity contribution in [3.63, 3.8) is 0 Å². The minimum atomic E-state index is -4.38. The predicted molar refractivity (Wildman–Crippen MR) is 35.4 cm³/mol. The van der Waals surface area contributed by atoms with Crippen molar-refractivity contribution in [1.29, 1.82) is 0 Å². The zero-order valence-electron chi connectivity index (χ0n) is 6.14. The number of rotatable bonds is 0. The van der Waals surface area contributed by atoms with Gasteiger partial charge in [-0.15, -0.1) is 0 Å². The van der Waals surface area contributed by atoms with Gasteiger partial charge in [0.2, 0.25) is 0 Å². The Bertz CT molecular complexity index is 237. The van der Waals surface area contributed by atoms with Crippen LogP contribution >= 0.6 is 0 Å². The SMILES string of the molecule is NC1(C(F)(F)F)CC2C=CC1O2. The molecule has 3 unspecified atom stereocenters. The molecule has 0 saturated carbocycles. The minimum Gasteiger partial charge on any atom is -0.364 e. The normalized spacial score (nSPS) is 45.7. The quantitative estimate of drug-likeness (QED) is 0.562. The van der Waals surface area contributed by atoms with Crippen LogP contribution in [0.1, 0.15) is 6.42 Å². The molecule has 2 N–H and O–H groups in total. The summed E-state index contributed by atoms with van der Waals surface area (Å²) in [5.74, 6) is 0. The fourth-order valence-corrected chi connectivity index (χ4v) is 1.64. The molecule has 0 amide bonds. The van der Waals surface area contributed by atoms with Crippen LogP contribution in [0.25, 0.3) is 0 Å². The molecule has 1 fully saturated rings. The number of halogens is 3. The van der Waals surface area contributed by atoms with E-state index in [1.165, 1.54) is 6.08 Å². The molecule has 2 aliphatic heterocycles. The molecular formula is C7H8F3NO. The first-order valence-corrected chi connectivity index (χ1v) is 3.63. The van der Waals surface area contributed by atoms with Crippen LogP contribution in [0.2, 0.25) is 0 Å². The molecule has 12 heavy (non-hydrogen) atoms. The van der Waals surface area contributed by atoms with Gasteiger partial charge >= 0.3 is 6.18 Å². The van der Waals surface area contributed by atoms with E-state index < -0.39 is 23.9 Å². The summed E-state index contributed by atoms with van der Waals surface area (Å²) in [6.45, 7) is 0. The summed E-state index contributed by atoms with van der Waals surface area (Å²) in [7, 11) is 0. The Morgan fingerprint density at radius 2 is 2.08 bits per heavy atom. The van der Waals surface area contributed by atoms with E-state index in [1.807, 2.05) is 0 Å². The van der Waals surface area contributed by atoms with E-state index in [9.17, 15) is 13.2 Å². The summed E-state index contributed by atoms with van der Waals surface area (Å²) in [6.07, 6.45) is -2.94. The molecule has 2 aliphatic rings. The minimum absolute atomic E-state index is 0.155. The van der Waals surface area contributed by atoms with Crippen molar-refractivity contribution in [3.8, 4) is 0 Å². The standard InChI is InChI=1S/C7H8F3NO/c8-7(9,10)6(11)3-4-1-2-5(6)12-4/h1-2,4-5H,3,11H2. The Balaban J connectivity index is 2.30. The second kappa shape index (κ2) is 2.03. The number of hydrogen-bond acceptors (Lipinski definition) is 2.